The van der Waals surface area contributed by atoms with Gasteiger partial charge in [0.25, 0.3) is 0 Å². The maximum atomic E-state index is 10.7. The molecule has 6 heteroatoms. The zero-order chi connectivity index (χ0) is 8.48. The van der Waals surface area contributed by atoms with Crippen molar-refractivity contribution in [2.75, 3.05) is 19.6 Å². The zero-order valence-electron chi connectivity index (χ0n) is 6.10. The van der Waals surface area contributed by atoms with Gasteiger partial charge >= 0.3 is 0 Å². The number of rotatable bonds is 1. The predicted molar refractivity (Wildman–Crippen MR) is 55.5 cm³/mol. The van der Waals surface area contributed by atoms with Crippen molar-refractivity contribution in [3.8, 4) is 0 Å². The highest BCUT2D eigenvalue weighted by molar-refractivity contribution is 7.82. The molecule has 0 radical (unpaired) electrons. The number of aldehydes is 1. The maximum absolute atomic E-state index is 10.7. The van der Waals surface area contributed by atoms with Gasteiger partial charge in [0.15, 0.2) is 6.29 Å². The average molecular weight is 210 g/mol. The van der Waals surface area contributed by atoms with Crippen LogP contribution in [0.4, 0.5) is 0 Å². The van der Waals surface area contributed by atoms with Crippen LogP contribution in [0.15, 0.2) is 0 Å². The topological polar surface area (TPSA) is 23.6 Å². The van der Waals surface area contributed by atoms with Crippen LogP contribution in [0, 0.1) is 0 Å². The smallest absolute Gasteiger partial charge is 0.151 e. The normalized spacial score (nSPS) is 35.5. The van der Waals surface area contributed by atoms with Gasteiger partial charge in [-0.05, 0) is 0 Å². The summed E-state index contributed by atoms with van der Waals surface area (Å²) in [5.41, 5.74) is 0. The van der Waals surface area contributed by atoms with Gasteiger partial charge in [-0.1, -0.05) is 18.8 Å². The first-order chi connectivity index (χ1) is 5.08. The minimum atomic E-state index is -0.634. The van der Waals surface area contributed by atoms with E-state index in [0.717, 1.165) is 19.4 Å². The second-order valence-electron chi connectivity index (χ2n) is 2.66. The van der Waals surface area contributed by atoms with Gasteiger partial charge in [-0.3, -0.25) is 9.34 Å². The Morgan fingerprint density at radius 3 is 2.55 bits per heavy atom. The molecule has 0 aromatic heterocycles. The summed E-state index contributed by atoms with van der Waals surface area (Å²) in [4.78, 5) is 10.0. The van der Waals surface area contributed by atoms with Crippen molar-refractivity contribution in [1.82, 2.24) is 9.34 Å². The maximum Gasteiger partial charge on any atom is 0.151 e. The Morgan fingerprint density at radius 2 is 2.09 bits per heavy atom. The van der Waals surface area contributed by atoms with Crippen LogP contribution in [-0.2, 0) is 4.79 Å². The lowest BCUT2D eigenvalue weighted by Gasteiger charge is -2.41. The molecule has 0 saturated carbocycles. The van der Waals surface area contributed by atoms with Crippen LogP contribution in [-0.4, -0.2) is 40.1 Å². The molecule has 0 aromatic carbocycles. The lowest BCUT2D eigenvalue weighted by molar-refractivity contribution is -0.113. The molecular formula is C5H12N2OP2S. The highest BCUT2D eigenvalue weighted by atomic mass is 32.1. The second-order valence-corrected chi connectivity index (χ2v) is 4.79. The van der Waals surface area contributed by atoms with E-state index in [1.807, 2.05) is 9.34 Å². The molecule has 1 aliphatic heterocycles. The van der Waals surface area contributed by atoms with Crippen molar-refractivity contribution < 1.29 is 4.79 Å². The minimum Gasteiger partial charge on any atom is -0.300 e. The molecule has 1 aliphatic rings. The molecule has 1 rings (SSSR count). The Balaban J connectivity index is 2.67. The lowest BCUT2D eigenvalue weighted by atomic mass is 10.2. The van der Waals surface area contributed by atoms with Crippen LogP contribution >= 0.6 is 31.4 Å². The summed E-state index contributed by atoms with van der Waals surface area (Å²) in [7, 11) is 5.11. The quantitative estimate of drug-likeness (QED) is 0.374. The van der Waals surface area contributed by atoms with Crippen LogP contribution < -0.4 is 0 Å². The summed E-state index contributed by atoms with van der Waals surface area (Å²) in [5, 5.41) is 0. The Kier molecular flexibility index (Phi) is 3.30. The van der Waals surface area contributed by atoms with E-state index in [1.54, 1.807) is 0 Å². The monoisotopic (exact) mass is 210 g/mol. The summed E-state index contributed by atoms with van der Waals surface area (Å²) >= 11 is 4.29. The summed E-state index contributed by atoms with van der Waals surface area (Å²) < 4.78 is 3.89. The van der Waals surface area contributed by atoms with E-state index in [4.69, 9.17) is 0 Å². The molecule has 64 valence electrons. The first-order valence-corrected chi connectivity index (χ1v) is 4.77. The fraction of sp³-hybridized carbons (Fsp3) is 0.800. The van der Waals surface area contributed by atoms with Gasteiger partial charge in [0.1, 0.15) is 4.87 Å². The van der Waals surface area contributed by atoms with Gasteiger partial charge in [-0.15, -0.1) is 12.6 Å². The molecule has 3 nitrogen and oxygen atoms in total. The third-order valence-corrected chi connectivity index (χ3v) is 3.63. The highest BCUT2D eigenvalue weighted by Gasteiger charge is 2.35. The molecule has 1 fully saturated rings. The molecule has 11 heavy (non-hydrogen) atoms. The van der Waals surface area contributed by atoms with Crippen LogP contribution in [0.5, 0.6) is 0 Å². The Labute approximate surface area is 76.8 Å². The number of carbonyl (C=O) groups excluding carboxylic acids is 1. The SMILES string of the molecule is O=CC1(S)CN(P)CCN1P. The van der Waals surface area contributed by atoms with Gasteiger partial charge in [0.05, 0.1) is 0 Å². The van der Waals surface area contributed by atoms with E-state index in [-0.39, 0.29) is 0 Å². The minimum absolute atomic E-state index is 0.634. The van der Waals surface area contributed by atoms with Crippen LogP contribution in [0.25, 0.3) is 0 Å². The predicted octanol–water partition coefficient (Wildman–Crippen LogP) is 0.00920. The summed E-state index contributed by atoms with van der Waals surface area (Å²) in [6.07, 6.45) is 0.874. The average Bonchev–Trinajstić information content (AvgIpc) is 1.98. The van der Waals surface area contributed by atoms with E-state index < -0.39 is 4.87 Å². The Morgan fingerprint density at radius 1 is 1.45 bits per heavy atom. The largest absolute Gasteiger partial charge is 0.300 e. The van der Waals surface area contributed by atoms with Crippen molar-refractivity contribution in [2.24, 2.45) is 0 Å². The van der Waals surface area contributed by atoms with Gasteiger partial charge in [-0.2, -0.15) is 0 Å². The van der Waals surface area contributed by atoms with Crippen molar-refractivity contribution in [3.05, 3.63) is 0 Å². The molecule has 0 bridgehead atoms. The van der Waals surface area contributed by atoms with Gasteiger partial charge < -0.3 is 4.79 Å². The molecule has 0 N–H and O–H groups in total. The molecule has 0 amide bonds. The van der Waals surface area contributed by atoms with Gasteiger partial charge in [-0.25, -0.2) is 0 Å². The first-order valence-electron chi connectivity index (χ1n) is 3.29. The fourth-order valence-corrected chi connectivity index (χ4v) is 2.09. The third kappa shape index (κ3) is 2.13. The molecule has 3 atom stereocenters. The molecule has 0 spiro atoms. The van der Waals surface area contributed by atoms with Crippen molar-refractivity contribution in [1.29, 1.82) is 0 Å². The van der Waals surface area contributed by atoms with E-state index in [0.29, 0.717) is 6.54 Å². The summed E-state index contributed by atoms with van der Waals surface area (Å²) in [6.45, 7) is 2.44. The number of thiol groups is 1. The first kappa shape index (κ1) is 9.88. The van der Waals surface area contributed by atoms with Crippen LogP contribution in [0.1, 0.15) is 0 Å². The lowest BCUT2D eigenvalue weighted by Crippen LogP contribution is -2.53. The number of carbonyl (C=O) groups is 1. The highest BCUT2D eigenvalue weighted by Crippen LogP contribution is 2.28. The molecule has 0 aliphatic carbocycles. The molecule has 1 saturated heterocycles. The van der Waals surface area contributed by atoms with E-state index in [2.05, 4.69) is 31.4 Å². The van der Waals surface area contributed by atoms with Crippen molar-refractivity contribution >= 4 is 37.7 Å². The van der Waals surface area contributed by atoms with E-state index >= 15 is 0 Å². The zero-order valence-corrected chi connectivity index (χ0v) is 9.31. The standard InChI is InChI=1S/C5H12N2OP2S/c8-4-5(11)3-6(9)1-2-7(5)10/h4,11H,1-3,9-10H2. The van der Waals surface area contributed by atoms with Gasteiger partial charge in [0.2, 0.25) is 0 Å². The van der Waals surface area contributed by atoms with Crippen LogP contribution in [0.3, 0.4) is 0 Å². The number of hydrogen-bond donors (Lipinski definition) is 1. The van der Waals surface area contributed by atoms with Gasteiger partial charge in [0, 0.05) is 19.6 Å². The Bertz CT molecular complexity index is 171. The number of hydrogen-bond acceptors (Lipinski definition) is 4. The number of nitrogens with zero attached hydrogens (tertiary/aromatic N) is 2. The van der Waals surface area contributed by atoms with Crippen molar-refractivity contribution in [3.63, 3.8) is 0 Å². The van der Waals surface area contributed by atoms with Crippen LogP contribution in [0.2, 0.25) is 0 Å². The van der Waals surface area contributed by atoms with Crippen molar-refractivity contribution in [2.45, 2.75) is 4.87 Å². The number of piperazine rings is 1. The molecule has 1 heterocycles. The molecular weight excluding hydrogens is 198 g/mol. The van der Waals surface area contributed by atoms with E-state index in [9.17, 15) is 4.79 Å². The Hall–Kier alpha value is 0.800. The molecule has 3 unspecified atom stereocenters. The van der Waals surface area contributed by atoms with E-state index in [1.165, 1.54) is 0 Å². The fourth-order valence-electron chi connectivity index (χ4n) is 1.00. The summed E-state index contributed by atoms with van der Waals surface area (Å²) in [5.74, 6) is 0. The summed E-state index contributed by atoms with van der Waals surface area (Å²) in [6, 6.07) is 0. The molecule has 0 aromatic rings. The second kappa shape index (κ2) is 3.68. The third-order valence-electron chi connectivity index (χ3n) is 1.75.